The van der Waals surface area contributed by atoms with Crippen LogP contribution in [0.4, 0.5) is 0 Å². The third-order valence-corrected chi connectivity index (χ3v) is 4.02. The molecule has 0 N–H and O–H groups in total. The molecule has 0 aliphatic rings. The van der Waals surface area contributed by atoms with Crippen molar-refractivity contribution in [1.29, 1.82) is 0 Å². The van der Waals surface area contributed by atoms with Gasteiger partial charge in [0.25, 0.3) is 0 Å². The topological polar surface area (TPSA) is 39.2 Å². The van der Waals surface area contributed by atoms with Crippen molar-refractivity contribution in [3.63, 3.8) is 0 Å². The van der Waals surface area contributed by atoms with Crippen molar-refractivity contribution in [3.8, 4) is 10.6 Å². The number of ether oxygens (including phenoxy) is 1. The lowest BCUT2D eigenvalue weighted by Gasteiger charge is -2.00. The van der Waals surface area contributed by atoms with Crippen LogP contribution in [0.15, 0.2) is 18.2 Å². The van der Waals surface area contributed by atoms with Crippen LogP contribution in [0.25, 0.3) is 10.6 Å². The van der Waals surface area contributed by atoms with E-state index in [9.17, 15) is 4.79 Å². The van der Waals surface area contributed by atoms with Crippen LogP contribution >= 0.6 is 22.9 Å². The van der Waals surface area contributed by atoms with Crippen molar-refractivity contribution in [3.05, 3.63) is 39.4 Å². The van der Waals surface area contributed by atoms with Gasteiger partial charge < -0.3 is 4.74 Å². The number of benzene rings is 1. The Morgan fingerprint density at radius 2 is 2.11 bits per heavy atom. The molecule has 5 heteroatoms. The number of esters is 1. The summed E-state index contributed by atoms with van der Waals surface area (Å²) >= 11 is 7.54. The number of carbonyl (C=O) groups is 1. The van der Waals surface area contributed by atoms with E-state index in [1.54, 1.807) is 0 Å². The molecule has 0 aliphatic carbocycles. The Balaban J connectivity index is 2.45. The van der Waals surface area contributed by atoms with E-state index >= 15 is 0 Å². The third-order valence-electron chi connectivity index (χ3n) is 2.59. The molecule has 0 atom stereocenters. The van der Waals surface area contributed by atoms with Gasteiger partial charge in [0.15, 0.2) is 5.69 Å². The highest BCUT2D eigenvalue weighted by Gasteiger charge is 2.16. The van der Waals surface area contributed by atoms with Crippen molar-refractivity contribution >= 4 is 28.9 Å². The molecule has 0 saturated heterocycles. The Bertz CT molecular complexity index is 607. The van der Waals surface area contributed by atoms with Gasteiger partial charge >= 0.3 is 5.97 Å². The Hall–Kier alpha value is -1.39. The normalized spacial score (nSPS) is 10.4. The number of aromatic nitrogens is 1. The Morgan fingerprint density at radius 3 is 2.72 bits per heavy atom. The number of hydrogen-bond acceptors (Lipinski definition) is 4. The molecule has 1 aromatic heterocycles. The van der Waals surface area contributed by atoms with Gasteiger partial charge in [0.05, 0.1) is 7.11 Å². The lowest BCUT2D eigenvalue weighted by molar-refractivity contribution is 0.0594. The minimum Gasteiger partial charge on any atom is -0.464 e. The number of thiazole rings is 1. The van der Waals surface area contributed by atoms with E-state index in [-0.39, 0.29) is 0 Å². The predicted molar refractivity (Wildman–Crippen MR) is 73.4 cm³/mol. The second-order valence-corrected chi connectivity index (χ2v) is 5.49. The van der Waals surface area contributed by atoms with Gasteiger partial charge in [-0.25, -0.2) is 9.78 Å². The number of nitrogens with zero attached hydrogens (tertiary/aromatic N) is 1. The van der Waals surface area contributed by atoms with E-state index < -0.39 is 5.97 Å². The van der Waals surface area contributed by atoms with Crippen LogP contribution in [0.3, 0.4) is 0 Å². The molecule has 94 valence electrons. The molecule has 2 aromatic rings. The molecule has 0 bridgehead atoms. The van der Waals surface area contributed by atoms with Crippen LogP contribution in [0.5, 0.6) is 0 Å². The summed E-state index contributed by atoms with van der Waals surface area (Å²) in [5, 5.41) is 1.47. The first kappa shape index (κ1) is 13.1. The fourth-order valence-corrected chi connectivity index (χ4v) is 2.61. The van der Waals surface area contributed by atoms with Gasteiger partial charge in [0.2, 0.25) is 0 Å². The predicted octanol–water partition coefficient (Wildman–Crippen LogP) is 3.87. The number of halogens is 1. The highest BCUT2D eigenvalue weighted by atomic mass is 35.5. The smallest absolute Gasteiger partial charge is 0.357 e. The molecule has 0 fully saturated rings. The first-order chi connectivity index (χ1) is 8.52. The highest BCUT2D eigenvalue weighted by molar-refractivity contribution is 7.15. The molecule has 18 heavy (non-hydrogen) atoms. The van der Waals surface area contributed by atoms with Crippen molar-refractivity contribution in [2.24, 2.45) is 0 Å². The van der Waals surface area contributed by atoms with Crippen molar-refractivity contribution < 1.29 is 9.53 Å². The van der Waals surface area contributed by atoms with Crippen LogP contribution in [-0.4, -0.2) is 18.1 Å². The lowest BCUT2D eigenvalue weighted by atomic mass is 10.1. The maximum atomic E-state index is 11.5. The second-order valence-electron chi connectivity index (χ2n) is 3.88. The van der Waals surface area contributed by atoms with Crippen molar-refractivity contribution in [1.82, 2.24) is 4.98 Å². The van der Waals surface area contributed by atoms with Crippen LogP contribution in [0, 0.1) is 13.8 Å². The van der Waals surface area contributed by atoms with E-state index in [2.05, 4.69) is 9.72 Å². The minimum atomic E-state index is -0.409. The zero-order valence-electron chi connectivity index (χ0n) is 10.3. The van der Waals surface area contributed by atoms with Crippen LogP contribution in [0.1, 0.15) is 20.9 Å². The molecule has 2 rings (SSSR count). The number of rotatable bonds is 2. The van der Waals surface area contributed by atoms with Crippen LogP contribution in [-0.2, 0) is 4.74 Å². The Kier molecular flexibility index (Phi) is 3.68. The van der Waals surface area contributed by atoms with E-state index in [0.717, 1.165) is 21.0 Å². The summed E-state index contributed by atoms with van der Waals surface area (Å²) < 4.78 is 4.69. The lowest BCUT2D eigenvalue weighted by Crippen LogP contribution is -2.03. The van der Waals surface area contributed by atoms with Gasteiger partial charge in [0.1, 0.15) is 5.01 Å². The van der Waals surface area contributed by atoms with E-state index in [4.69, 9.17) is 11.6 Å². The summed E-state index contributed by atoms with van der Waals surface area (Å²) in [7, 11) is 1.35. The van der Waals surface area contributed by atoms with Crippen LogP contribution < -0.4 is 0 Å². The third kappa shape index (κ3) is 2.40. The summed E-state index contributed by atoms with van der Waals surface area (Å²) in [4.78, 5) is 16.6. The largest absolute Gasteiger partial charge is 0.464 e. The zero-order chi connectivity index (χ0) is 13.3. The fourth-order valence-electron chi connectivity index (χ4n) is 1.53. The number of aryl methyl sites for hydroxylation is 2. The SMILES string of the molecule is COC(=O)c1nc(-c2ccc(C)c(Cl)c2)sc1C. The van der Waals surface area contributed by atoms with E-state index in [0.29, 0.717) is 10.7 Å². The molecule has 1 heterocycles. The second kappa shape index (κ2) is 5.08. The number of carbonyl (C=O) groups excluding carboxylic acids is 1. The average molecular weight is 282 g/mol. The van der Waals surface area contributed by atoms with Gasteiger partial charge in [0, 0.05) is 15.5 Å². The van der Waals surface area contributed by atoms with E-state index in [1.165, 1.54) is 18.4 Å². The van der Waals surface area contributed by atoms with Crippen molar-refractivity contribution in [2.45, 2.75) is 13.8 Å². The van der Waals surface area contributed by atoms with Gasteiger partial charge in [-0.2, -0.15) is 0 Å². The Labute approximate surface area is 114 Å². The minimum absolute atomic E-state index is 0.370. The summed E-state index contributed by atoms with van der Waals surface area (Å²) in [6.07, 6.45) is 0. The molecular weight excluding hydrogens is 270 g/mol. The zero-order valence-corrected chi connectivity index (χ0v) is 11.9. The fraction of sp³-hybridized carbons (Fsp3) is 0.231. The molecule has 0 aliphatic heterocycles. The highest BCUT2D eigenvalue weighted by Crippen LogP contribution is 2.30. The monoisotopic (exact) mass is 281 g/mol. The molecule has 1 aromatic carbocycles. The number of hydrogen-bond donors (Lipinski definition) is 0. The summed E-state index contributed by atoms with van der Waals surface area (Å²) in [6.45, 7) is 3.79. The first-order valence-electron chi connectivity index (χ1n) is 5.35. The maximum absolute atomic E-state index is 11.5. The quantitative estimate of drug-likeness (QED) is 0.785. The molecule has 0 saturated carbocycles. The molecule has 0 radical (unpaired) electrons. The van der Waals surface area contributed by atoms with Gasteiger partial charge in [-0.3, -0.25) is 0 Å². The van der Waals surface area contributed by atoms with E-state index in [1.807, 2.05) is 32.0 Å². The standard InChI is InChI=1S/C13H12ClNO2S/c1-7-4-5-9(6-10(7)14)12-15-11(8(2)18-12)13(16)17-3/h4-6H,1-3H3. The summed E-state index contributed by atoms with van der Waals surface area (Å²) in [6, 6.07) is 5.74. The molecule has 0 spiro atoms. The van der Waals surface area contributed by atoms with Crippen molar-refractivity contribution in [2.75, 3.05) is 7.11 Å². The molecule has 0 unspecified atom stereocenters. The number of methoxy groups -OCH3 is 1. The average Bonchev–Trinajstić information content (AvgIpc) is 2.74. The van der Waals surface area contributed by atoms with Crippen LogP contribution in [0.2, 0.25) is 5.02 Å². The first-order valence-corrected chi connectivity index (χ1v) is 6.54. The van der Waals surface area contributed by atoms with Gasteiger partial charge in [-0.05, 0) is 25.5 Å². The molecule has 3 nitrogen and oxygen atoms in total. The molecule has 0 amide bonds. The maximum Gasteiger partial charge on any atom is 0.357 e. The van der Waals surface area contributed by atoms with Gasteiger partial charge in [-0.1, -0.05) is 23.7 Å². The molecular formula is C13H12ClNO2S. The summed E-state index contributed by atoms with van der Waals surface area (Å²) in [5.41, 5.74) is 2.30. The van der Waals surface area contributed by atoms with Gasteiger partial charge in [-0.15, -0.1) is 11.3 Å². The Morgan fingerprint density at radius 1 is 1.39 bits per heavy atom. The summed E-state index contributed by atoms with van der Waals surface area (Å²) in [5.74, 6) is -0.409.